The molecule has 3 aromatic rings. The molecule has 0 spiro atoms. The summed E-state index contributed by atoms with van der Waals surface area (Å²) < 4.78 is 38.3. The molecule has 0 unspecified atom stereocenters. The summed E-state index contributed by atoms with van der Waals surface area (Å²) in [5.41, 5.74) is 2.75. The molecule has 1 aromatic heterocycles. The predicted octanol–water partition coefficient (Wildman–Crippen LogP) is 5.65. The SMILES string of the molecule is COc1ccc(/C=N/n2c(C(F)F)n[nH]c2=S)cc1COc1ccc(C(C)(C)C)cc1. The number of rotatable bonds is 7. The first-order chi connectivity index (χ1) is 14.7. The minimum atomic E-state index is -2.80. The van der Waals surface area contributed by atoms with Crippen LogP contribution in [0.2, 0.25) is 0 Å². The predicted molar refractivity (Wildman–Crippen MR) is 118 cm³/mol. The van der Waals surface area contributed by atoms with Gasteiger partial charge in [-0.25, -0.2) is 13.9 Å². The minimum Gasteiger partial charge on any atom is -0.496 e. The van der Waals surface area contributed by atoms with Crippen molar-refractivity contribution in [3.8, 4) is 11.5 Å². The van der Waals surface area contributed by atoms with E-state index < -0.39 is 12.2 Å². The van der Waals surface area contributed by atoms with Gasteiger partial charge in [-0.3, -0.25) is 0 Å². The lowest BCUT2D eigenvalue weighted by Crippen LogP contribution is -2.10. The van der Waals surface area contributed by atoms with Crippen LogP contribution < -0.4 is 9.47 Å². The van der Waals surface area contributed by atoms with E-state index in [4.69, 9.17) is 21.7 Å². The number of halogens is 2. The quantitative estimate of drug-likeness (QED) is 0.377. The van der Waals surface area contributed by atoms with Gasteiger partial charge >= 0.3 is 0 Å². The molecule has 31 heavy (non-hydrogen) atoms. The van der Waals surface area contributed by atoms with Gasteiger partial charge in [0.2, 0.25) is 10.6 Å². The van der Waals surface area contributed by atoms with Crippen molar-refractivity contribution in [3.63, 3.8) is 0 Å². The summed E-state index contributed by atoms with van der Waals surface area (Å²) in [6, 6.07) is 13.3. The Morgan fingerprint density at radius 1 is 1.19 bits per heavy atom. The lowest BCUT2D eigenvalue weighted by atomic mass is 9.87. The third-order valence-corrected chi connectivity index (χ3v) is 4.88. The minimum absolute atomic E-state index is 0.0117. The second-order valence-electron chi connectivity index (χ2n) is 7.88. The Kier molecular flexibility index (Phi) is 6.84. The van der Waals surface area contributed by atoms with E-state index in [1.165, 1.54) is 11.8 Å². The average Bonchev–Trinajstić information content (AvgIpc) is 3.11. The van der Waals surface area contributed by atoms with Crippen LogP contribution in [-0.2, 0) is 12.0 Å². The highest BCUT2D eigenvalue weighted by atomic mass is 32.1. The number of nitrogens with one attached hydrogen (secondary N) is 1. The summed E-state index contributed by atoms with van der Waals surface area (Å²) in [6.07, 6.45) is -1.37. The van der Waals surface area contributed by atoms with Crippen molar-refractivity contribution in [1.82, 2.24) is 14.9 Å². The molecular formula is C22H24F2N4O2S. The van der Waals surface area contributed by atoms with Crippen LogP contribution in [0.15, 0.2) is 47.6 Å². The molecule has 9 heteroatoms. The summed E-state index contributed by atoms with van der Waals surface area (Å²) in [5.74, 6) is 0.842. The van der Waals surface area contributed by atoms with E-state index in [2.05, 4.69) is 36.1 Å². The van der Waals surface area contributed by atoms with Crippen molar-refractivity contribution in [2.24, 2.45) is 5.10 Å². The fourth-order valence-corrected chi connectivity index (χ4v) is 3.07. The molecular weight excluding hydrogens is 422 g/mol. The Hall–Kier alpha value is -3.07. The van der Waals surface area contributed by atoms with Gasteiger partial charge in [-0.05, 0) is 59.1 Å². The number of hydrogen-bond acceptors (Lipinski definition) is 5. The van der Waals surface area contributed by atoms with Gasteiger partial charge in [0.25, 0.3) is 6.43 Å². The first kappa shape index (κ1) is 22.6. The number of methoxy groups -OCH3 is 1. The number of benzene rings is 2. The average molecular weight is 447 g/mol. The van der Waals surface area contributed by atoms with Crippen LogP contribution in [0.25, 0.3) is 0 Å². The summed E-state index contributed by atoms with van der Waals surface area (Å²) >= 11 is 4.96. The van der Waals surface area contributed by atoms with E-state index in [9.17, 15) is 8.78 Å². The lowest BCUT2D eigenvalue weighted by Gasteiger charge is -2.19. The fourth-order valence-electron chi connectivity index (χ4n) is 2.88. The normalized spacial score (nSPS) is 12.0. The molecule has 1 N–H and O–H groups in total. The fraction of sp³-hybridized carbons (Fsp3) is 0.318. The van der Waals surface area contributed by atoms with Crippen LogP contribution in [0.1, 0.15) is 49.7 Å². The standard InChI is InChI=1S/C22H24F2N4O2S/c1-22(2,3)16-6-8-17(9-7-16)30-13-15-11-14(5-10-18(15)29-4)12-25-28-20(19(23)24)26-27-21(28)31/h5-12,19H,13H2,1-4H3,(H,27,31)/b25-12+. The topological polar surface area (TPSA) is 64.4 Å². The van der Waals surface area contributed by atoms with Gasteiger partial charge in [-0.2, -0.15) is 14.9 Å². The Morgan fingerprint density at radius 2 is 1.90 bits per heavy atom. The van der Waals surface area contributed by atoms with E-state index >= 15 is 0 Å². The van der Waals surface area contributed by atoms with Crippen LogP contribution in [0.3, 0.4) is 0 Å². The second kappa shape index (κ2) is 9.38. The molecule has 3 rings (SSSR count). The van der Waals surface area contributed by atoms with Gasteiger partial charge in [0.1, 0.15) is 18.1 Å². The monoisotopic (exact) mass is 446 g/mol. The van der Waals surface area contributed by atoms with Crippen LogP contribution in [-0.4, -0.2) is 28.2 Å². The third-order valence-electron chi connectivity index (χ3n) is 4.61. The molecule has 0 radical (unpaired) electrons. The van der Waals surface area contributed by atoms with E-state index in [0.29, 0.717) is 11.3 Å². The molecule has 0 saturated carbocycles. The maximum Gasteiger partial charge on any atom is 0.299 e. The molecule has 6 nitrogen and oxygen atoms in total. The maximum absolute atomic E-state index is 13.0. The second-order valence-corrected chi connectivity index (χ2v) is 8.27. The van der Waals surface area contributed by atoms with Crippen LogP contribution in [0.4, 0.5) is 8.78 Å². The van der Waals surface area contributed by atoms with Crippen molar-refractivity contribution < 1.29 is 18.3 Å². The Balaban J connectivity index is 1.78. The molecule has 0 fully saturated rings. The maximum atomic E-state index is 13.0. The van der Waals surface area contributed by atoms with Gasteiger partial charge in [0.05, 0.1) is 13.3 Å². The summed E-state index contributed by atoms with van der Waals surface area (Å²) in [5, 5.41) is 9.85. The highest BCUT2D eigenvalue weighted by Crippen LogP contribution is 2.26. The van der Waals surface area contributed by atoms with E-state index in [1.54, 1.807) is 19.2 Å². The lowest BCUT2D eigenvalue weighted by molar-refractivity contribution is 0.136. The molecule has 2 aromatic carbocycles. The Labute approximate surface area is 184 Å². The van der Waals surface area contributed by atoms with E-state index in [0.717, 1.165) is 16.0 Å². The number of hydrogen-bond donors (Lipinski definition) is 1. The number of alkyl halides is 2. The first-order valence-electron chi connectivity index (χ1n) is 9.59. The molecule has 164 valence electrons. The van der Waals surface area contributed by atoms with Crippen LogP contribution in [0, 0.1) is 4.77 Å². The van der Waals surface area contributed by atoms with Gasteiger partial charge in [-0.15, -0.1) is 0 Å². The molecule has 0 bridgehead atoms. The van der Waals surface area contributed by atoms with Crippen molar-refractivity contribution in [2.75, 3.05) is 7.11 Å². The highest BCUT2D eigenvalue weighted by Gasteiger charge is 2.16. The first-order valence-corrected chi connectivity index (χ1v) is 10.00. The van der Waals surface area contributed by atoms with Gasteiger partial charge in [0, 0.05) is 5.56 Å². The van der Waals surface area contributed by atoms with E-state index in [1.807, 2.05) is 30.3 Å². The van der Waals surface area contributed by atoms with Gasteiger partial charge < -0.3 is 9.47 Å². The number of aromatic nitrogens is 3. The Morgan fingerprint density at radius 3 is 2.52 bits per heavy atom. The van der Waals surface area contributed by atoms with Crippen molar-refractivity contribution in [3.05, 3.63) is 69.8 Å². The van der Waals surface area contributed by atoms with Crippen molar-refractivity contribution in [2.45, 2.75) is 39.2 Å². The number of aromatic amines is 1. The third kappa shape index (κ3) is 5.55. The number of ether oxygens (including phenoxy) is 2. The van der Waals surface area contributed by atoms with Crippen molar-refractivity contribution >= 4 is 18.4 Å². The number of H-pyrrole nitrogens is 1. The molecule has 0 atom stereocenters. The molecule has 0 amide bonds. The van der Waals surface area contributed by atoms with E-state index in [-0.39, 0.29) is 16.8 Å². The molecule has 0 aliphatic heterocycles. The zero-order chi connectivity index (χ0) is 22.6. The smallest absolute Gasteiger partial charge is 0.299 e. The molecule has 0 aliphatic carbocycles. The largest absolute Gasteiger partial charge is 0.496 e. The zero-order valence-electron chi connectivity index (χ0n) is 17.7. The number of nitrogens with zero attached hydrogens (tertiary/aromatic N) is 3. The van der Waals surface area contributed by atoms with Crippen LogP contribution in [0.5, 0.6) is 11.5 Å². The molecule has 1 heterocycles. The summed E-state index contributed by atoms with van der Waals surface area (Å²) in [4.78, 5) is 0. The van der Waals surface area contributed by atoms with Crippen LogP contribution >= 0.6 is 12.2 Å². The van der Waals surface area contributed by atoms with Crippen molar-refractivity contribution in [1.29, 1.82) is 0 Å². The van der Waals surface area contributed by atoms with Gasteiger partial charge in [0.15, 0.2) is 0 Å². The highest BCUT2D eigenvalue weighted by molar-refractivity contribution is 7.71. The summed E-state index contributed by atoms with van der Waals surface area (Å²) in [6.45, 7) is 6.73. The Bertz CT molecular complexity index is 1120. The molecule has 0 aliphatic rings. The van der Waals surface area contributed by atoms with Gasteiger partial charge in [-0.1, -0.05) is 32.9 Å². The zero-order valence-corrected chi connectivity index (χ0v) is 18.5. The molecule has 0 saturated heterocycles. The summed E-state index contributed by atoms with van der Waals surface area (Å²) in [7, 11) is 1.57.